The Balaban J connectivity index is 1.48. The molecule has 6 nitrogen and oxygen atoms in total. The molecule has 176 valence electrons. The standard InChI is InChI=1S/C26H18Cl2N2O4S/c27-14-9-10-20-17(11-14)23(32)25(24(34-20)16-6-1-3-7-19(16)28)33-13-22(31)30-26-18(12-29)15-5-2-4-8-21(15)35-26/h1,3,6-7,9-11H,2,4-5,8,13H2,(H,30,31). The van der Waals surface area contributed by atoms with Gasteiger partial charge in [0, 0.05) is 15.5 Å². The summed E-state index contributed by atoms with van der Waals surface area (Å²) in [5.41, 5.74) is 1.83. The average Bonchev–Trinajstić information content (AvgIpc) is 3.21. The molecule has 35 heavy (non-hydrogen) atoms. The van der Waals surface area contributed by atoms with Crippen molar-refractivity contribution in [2.24, 2.45) is 0 Å². The van der Waals surface area contributed by atoms with Crippen molar-refractivity contribution in [3.05, 3.63) is 78.7 Å². The molecular formula is C26H18Cl2N2O4S. The molecular weight excluding hydrogens is 507 g/mol. The van der Waals surface area contributed by atoms with E-state index >= 15 is 0 Å². The molecule has 1 aliphatic carbocycles. The Morgan fingerprint density at radius 2 is 1.97 bits per heavy atom. The number of benzene rings is 2. The lowest BCUT2D eigenvalue weighted by molar-refractivity contribution is -0.118. The number of rotatable bonds is 5. The number of carbonyl (C=O) groups is 1. The summed E-state index contributed by atoms with van der Waals surface area (Å²) < 4.78 is 11.7. The third-order valence-electron chi connectivity index (χ3n) is 5.81. The predicted molar refractivity (Wildman–Crippen MR) is 138 cm³/mol. The predicted octanol–water partition coefficient (Wildman–Crippen LogP) is 6.60. The van der Waals surface area contributed by atoms with Crippen LogP contribution in [0.25, 0.3) is 22.3 Å². The molecule has 0 spiro atoms. The van der Waals surface area contributed by atoms with E-state index in [2.05, 4.69) is 11.4 Å². The first-order valence-electron chi connectivity index (χ1n) is 10.9. The normalized spacial score (nSPS) is 12.7. The van der Waals surface area contributed by atoms with Gasteiger partial charge in [0.25, 0.3) is 5.91 Å². The second-order valence-corrected chi connectivity index (χ2v) is 10.0. The van der Waals surface area contributed by atoms with Crippen LogP contribution >= 0.6 is 34.5 Å². The van der Waals surface area contributed by atoms with Gasteiger partial charge in [-0.15, -0.1) is 11.3 Å². The lowest BCUT2D eigenvalue weighted by Gasteiger charge is -2.12. The summed E-state index contributed by atoms with van der Waals surface area (Å²) in [4.78, 5) is 27.3. The van der Waals surface area contributed by atoms with Gasteiger partial charge in [0.05, 0.1) is 16.0 Å². The van der Waals surface area contributed by atoms with E-state index in [1.165, 1.54) is 17.4 Å². The lowest BCUT2D eigenvalue weighted by Crippen LogP contribution is -2.22. The monoisotopic (exact) mass is 524 g/mol. The maximum Gasteiger partial charge on any atom is 0.262 e. The maximum atomic E-state index is 13.3. The number of ether oxygens (including phenoxy) is 1. The fraction of sp³-hybridized carbons (Fsp3) is 0.192. The second-order valence-electron chi connectivity index (χ2n) is 8.07. The van der Waals surface area contributed by atoms with Crippen molar-refractivity contribution in [1.82, 2.24) is 0 Å². The molecule has 2 aromatic heterocycles. The Hall–Kier alpha value is -3.31. The van der Waals surface area contributed by atoms with E-state index in [9.17, 15) is 14.9 Å². The van der Waals surface area contributed by atoms with Crippen LogP contribution < -0.4 is 15.5 Å². The number of anilines is 1. The van der Waals surface area contributed by atoms with Gasteiger partial charge < -0.3 is 14.5 Å². The highest BCUT2D eigenvalue weighted by Crippen LogP contribution is 2.38. The quantitative estimate of drug-likeness (QED) is 0.317. The minimum atomic E-state index is -0.490. The molecule has 0 fully saturated rings. The Morgan fingerprint density at radius 1 is 1.17 bits per heavy atom. The summed E-state index contributed by atoms with van der Waals surface area (Å²) in [7, 11) is 0. The van der Waals surface area contributed by atoms with Crippen molar-refractivity contribution in [3.8, 4) is 23.1 Å². The van der Waals surface area contributed by atoms with Crippen molar-refractivity contribution >= 4 is 56.4 Å². The summed E-state index contributed by atoms with van der Waals surface area (Å²) >= 11 is 13.9. The Bertz CT molecular complexity index is 1570. The molecule has 1 amide bonds. The van der Waals surface area contributed by atoms with Gasteiger partial charge in [0.1, 0.15) is 16.7 Å². The number of hydrogen-bond donors (Lipinski definition) is 1. The molecule has 1 N–H and O–H groups in total. The molecule has 0 radical (unpaired) electrons. The summed E-state index contributed by atoms with van der Waals surface area (Å²) in [5.74, 6) is -0.516. The van der Waals surface area contributed by atoms with Crippen LogP contribution in [0.5, 0.6) is 5.75 Å². The van der Waals surface area contributed by atoms with Crippen LogP contribution in [0.15, 0.2) is 51.7 Å². The minimum Gasteiger partial charge on any atom is -0.476 e. The van der Waals surface area contributed by atoms with Crippen LogP contribution in [-0.2, 0) is 17.6 Å². The first kappa shape index (κ1) is 23.4. The highest BCUT2D eigenvalue weighted by Gasteiger charge is 2.24. The van der Waals surface area contributed by atoms with Crippen LogP contribution in [0.4, 0.5) is 5.00 Å². The van der Waals surface area contributed by atoms with Gasteiger partial charge in [-0.3, -0.25) is 9.59 Å². The third kappa shape index (κ3) is 4.53. The molecule has 1 aliphatic rings. The Labute approximate surface area is 214 Å². The molecule has 4 aromatic rings. The number of fused-ring (bicyclic) bond motifs is 2. The van der Waals surface area contributed by atoms with Gasteiger partial charge in [-0.2, -0.15) is 5.26 Å². The number of nitriles is 1. The Kier molecular flexibility index (Phi) is 6.52. The van der Waals surface area contributed by atoms with E-state index in [0.717, 1.165) is 36.1 Å². The van der Waals surface area contributed by atoms with E-state index in [0.29, 0.717) is 31.8 Å². The summed E-state index contributed by atoms with van der Waals surface area (Å²) in [6.07, 6.45) is 3.84. The molecule has 0 aliphatic heterocycles. The number of hydrogen-bond acceptors (Lipinski definition) is 6. The number of amides is 1. The maximum absolute atomic E-state index is 13.3. The van der Waals surface area contributed by atoms with Crippen LogP contribution in [-0.4, -0.2) is 12.5 Å². The zero-order chi connectivity index (χ0) is 24.5. The highest BCUT2D eigenvalue weighted by molar-refractivity contribution is 7.16. The third-order valence-corrected chi connectivity index (χ3v) is 7.58. The number of carbonyl (C=O) groups excluding carboxylic acids is 1. The molecule has 9 heteroatoms. The summed E-state index contributed by atoms with van der Waals surface area (Å²) in [6, 6.07) is 13.8. The van der Waals surface area contributed by atoms with Gasteiger partial charge in [0.15, 0.2) is 12.4 Å². The first-order chi connectivity index (χ1) is 17.0. The van der Waals surface area contributed by atoms with Crippen molar-refractivity contribution in [2.75, 3.05) is 11.9 Å². The van der Waals surface area contributed by atoms with E-state index in [1.807, 2.05) is 0 Å². The van der Waals surface area contributed by atoms with E-state index in [4.69, 9.17) is 32.4 Å². The van der Waals surface area contributed by atoms with E-state index < -0.39 is 17.9 Å². The van der Waals surface area contributed by atoms with E-state index in [1.54, 1.807) is 36.4 Å². The van der Waals surface area contributed by atoms with Gasteiger partial charge >= 0.3 is 0 Å². The number of aryl methyl sites for hydroxylation is 1. The van der Waals surface area contributed by atoms with Gasteiger partial charge in [-0.25, -0.2) is 0 Å². The summed E-state index contributed by atoms with van der Waals surface area (Å²) in [6.45, 7) is -0.457. The summed E-state index contributed by atoms with van der Waals surface area (Å²) in [5, 5.41) is 13.9. The second kappa shape index (κ2) is 9.74. The van der Waals surface area contributed by atoms with Crippen molar-refractivity contribution in [3.63, 3.8) is 0 Å². The topological polar surface area (TPSA) is 92.3 Å². The molecule has 5 rings (SSSR count). The van der Waals surface area contributed by atoms with Crippen LogP contribution in [0.1, 0.15) is 28.8 Å². The zero-order valence-corrected chi connectivity index (χ0v) is 20.6. The highest BCUT2D eigenvalue weighted by atomic mass is 35.5. The average molecular weight is 525 g/mol. The largest absolute Gasteiger partial charge is 0.476 e. The molecule has 0 atom stereocenters. The smallest absolute Gasteiger partial charge is 0.262 e. The van der Waals surface area contributed by atoms with Gasteiger partial charge in [-0.1, -0.05) is 35.3 Å². The van der Waals surface area contributed by atoms with E-state index in [-0.39, 0.29) is 16.9 Å². The molecule has 2 heterocycles. The van der Waals surface area contributed by atoms with Crippen molar-refractivity contribution in [2.45, 2.75) is 25.7 Å². The fourth-order valence-electron chi connectivity index (χ4n) is 4.18. The first-order valence-corrected chi connectivity index (χ1v) is 12.5. The molecule has 0 saturated heterocycles. The molecule has 0 saturated carbocycles. The Morgan fingerprint density at radius 3 is 2.77 bits per heavy atom. The number of thiophene rings is 1. The molecule has 0 unspecified atom stereocenters. The minimum absolute atomic E-state index is 0.118. The fourth-order valence-corrected chi connectivity index (χ4v) is 5.83. The van der Waals surface area contributed by atoms with Crippen molar-refractivity contribution in [1.29, 1.82) is 5.26 Å². The van der Waals surface area contributed by atoms with Gasteiger partial charge in [0.2, 0.25) is 11.2 Å². The van der Waals surface area contributed by atoms with Crippen LogP contribution in [0, 0.1) is 11.3 Å². The number of nitrogens with one attached hydrogen (secondary N) is 1. The van der Waals surface area contributed by atoms with Crippen LogP contribution in [0.2, 0.25) is 10.0 Å². The number of nitrogens with zero attached hydrogens (tertiary/aromatic N) is 1. The van der Waals surface area contributed by atoms with Crippen LogP contribution in [0.3, 0.4) is 0 Å². The molecule has 2 aromatic carbocycles. The van der Waals surface area contributed by atoms with Crippen molar-refractivity contribution < 1.29 is 13.9 Å². The SMILES string of the molecule is N#Cc1c(NC(=O)COc2c(-c3ccccc3Cl)oc3ccc(Cl)cc3c2=O)sc2c1CCCC2. The zero-order valence-electron chi connectivity index (χ0n) is 18.3. The molecule has 0 bridgehead atoms. The lowest BCUT2D eigenvalue weighted by atomic mass is 9.96. The number of halogens is 2. The van der Waals surface area contributed by atoms with Gasteiger partial charge in [-0.05, 0) is 61.6 Å².